The quantitative estimate of drug-likeness (QED) is 0.203. The minimum absolute atomic E-state index is 0.0146. The van der Waals surface area contributed by atoms with E-state index in [2.05, 4.69) is 15.5 Å². The summed E-state index contributed by atoms with van der Waals surface area (Å²) in [6.07, 6.45) is 3.38. The summed E-state index contributed by atoms with van der Waals surface area (Å²) < 4.78 is 21.7. The van der Waals surface area contributed by atoms with Crippen molar-refractivity contribution >= 4 is 23.8 Å². The standard InChI is InChI=1S/C26H44N4O7/c1-8-35-24(32)19-14-21(27-17(2)28-25(33)37-26(4,5)6)23(29-18(3)31)22(15-19)30-11-9-10-20(16-30)36-13-12-34-7/h15,20-23H,8-14,16H2,1-7H3,(H,29,31)(H,27,28,33)/t20-,21-,22+,23+/m0/s1. The van der Waals surface area contributed by atoms with Gasteiger partial charge in [0.1, 0.15) is 11.4 Å². The Morgan fingerprint density at radius 1 is 1.19 bits per heavy atom. The van der Waals surface area contributed by atoms with E-state index in [-0.39, 0.29) is 31.1 Å². The van der Waals surface area contributed by atoms with Crippen molar-refractivity contribution in [1.29, 1.82) is 0 Å². The summed E-state index contributed by atoms with van der Waals surface area (Å²) in [7, 11) is 1.64. The minimum Gasteiger partial charge on any atom is -0.463 e. The van der Waals surface area contributed by atoms with Crippen LogP contribution in [0.3, 0.4) is 0 Å². The molecule has 1 fully saturated rings. The molecule has 0 saturated carbocycles. The van der Waals surface area contributed by atoms with Gasteiger partial charge in [-0.3, -0.25) is 20.0 Å². The summed E-state index contributed by atoms with van der Waals surface area (Å²) in [4.78, 5) is 44.3. The van der Waals surface area contributed by atoms with Gasteiger partial charge in [-0.1, -0.05) is 6.08 Å². The second-order valence-electron chi connectivity index (χ2n) is 10.4. The minimum atomic E-state index is -0.658. The molecule has 1 aliphatic carbocycles. The average Bonchev–Trinajstić information content (AvgIpc) is 2.79. The number of hydrogen-bond donors (Lipinski definition) is 2. The van der Waals surface area contributed by atoms with Crippen molar-refractivity contribution in [2.75, 3.05) is 40.0 Å². The number of alkyl carbamates (subject to hydrolysis) is 1. The van der Waals surface area contributed by atoms with Crippen molar-refractivity contribution in [3.05, 3.63) is 11.6 Å². The smallest absolute Gasteiger partial charge is 0.413 e. The molecule has 2 aliphatic rings. The van der Waals surface area contributed by atoms with Gasteiger partial charge in [-0.15, -0.1) is 0 Å². The van der Waals surface area contributed by atoms with Crippen molar-refractivity contribution in [2.45, 2.75) is 90.6 Å². The normalized spacial score (nSPS) is 25.2. The van der Waals surface area contributed by atoms with Crippen molar-refractivity contribution < 1.29 is 33.3 Å². The molecule has 1 saturated heterocycles. The maximum Gasteiger partial charge on any atom is 0.413 e. The monoisotopic (exact) mass is 524 g/mol. The number of nitrogens with zero attached hydrogens (tertiary/aromatic N) is 2. The maximum atomic E-state index is 12.8. The second-order valence-corrected chi connectivity index (χ2v) is 10.4. The fourth-order valence-corrected chi connectivity index (χ4v) is 4.61. The molecule has 0 aromatic rings. The van der Waals surface area contributed by atoms with Gasteiger partial charge >= 0.3 is 12.1 Å². The lowest BCUT2D eigenvalue weighted by atomic mass is 9.84. The molecule has 2 N–H and O–H groups in total. The highest BCUT2D eigenvalue weighted by atomic mass is 16.6. The van der Waals surface area contributed by atoms with Crippen molar-refractivity contribution in [3.63, 3.8) is 0 Å². The zero-order chi connectivity index (χ0) is 27.6. The van der Waals surface area contributed by atoms with Gasteiger partial charge in [0, 0.05) is 32.6 Å². The molecule has 2 rings (SSSR count). The van der Waals surface area contributed by atoms with E-state index < -0.39 is 29.7 Å². The largest absolute Gasteiger partial charge is 0.463 e. The Morgan fingerprint density at radius 3 is 2.54 bits per heavy atom. The number of likely N-dealkylation sites (tertiary alicyclic amines) is 1. The maximum absolute atomic E-state index is 12.8. The Labute approximate surface area is 220 Å². The molecule has 2 amide bonds. The predicted octanol–water partition coefficient (Wildman–Crippen LogP) is 2.19. The van der Waals surface area contributed by atoms with Crippen LogP contribution in [0.2, 0.25) is 0 Å². The lowest BCUT2D eigenvalue weighted by molar-refractivity contribution is -0.138. The fraction of sp³-hybridized carbons (Fsp3) is 0.769. The molecule has 11 heteroatoms. The molecule has 210 valence electrons. The summed E-state index contributed by atoms with van der Waals surface area (Å²) in [5, 5.41) is 5.70. The number of esters is 1. The van der Waals surface area contributed by atoms with Gasteiger partial charge in [0.05, 0.1) is 44.1 Å². The molecule has 0 radical (unpaired) electrons. The number of ether oxygens (including phenoxy) is 4. The van der Waals surface area contributed by atoms with Crippen LogP contribution in [0.15, 0.2) is 16.6 Å². The zero-order valence-corrected chi connectivity index (χ0v) is 23.3. The molecular weight excluding hydrogens is 480 g/mol. The number of aliphatic imine (C=N–C) groups is 1. The number of nitrogens with one attached hydrogen (secondary N) is 2. The third-order valence-corrected chi connectivity index (χ3v) is 6.00. The highest BCUT2D eigenvalue weighted by molar-refractivity contribution is 5.94. The van der Waals surface area contributed by atoms with Crippen LogP contribution >= 0.6 is 0 Å². The number of carbonyl (C=O) groups excluding carboxylic acids is 3. The van der Waals surface area contributed by atoms with Crippen LogP contribution in [0.25, 0.3) is 0 Å². The third-order valence-electron chi connectivity index (χ3n) is 6.00. The van der Waals surface area contributed by atoms with E-state index in [4.69, 9.17) is 23.9 Å². The van der Waals surface area contributed by atoms with Crippen LogP contribution in [0.5, 0.6) is 0 Å². The number of amides is 2. The van der Waals surface area contributed by atoms with E-state index in [1.807, 2.05) is 6.08 Å². The molecule has 37 heavy (non-hydrogen) atoms. The first kappa shape index (κ1) is 30.7. The van der Waals surface area contributed by atoms with Gasteiger partial charge < -0.3 is 24.3 Å². The number of piperidine rings is 1. The van der Waals surface area contributed by atoms with Crippen LogP contribution in [-0.2, 0) is 28.5 Å². The SMILES string of the molecule is CCOC(=O)C1=C[C@@H](N2CCC[C@H](OCCOC)C2)[C@H](NC(C)=O)[C@@H](N=C(C)NC(=O)OC(C)(C)C)C1. The Morgan fingerprint density at radius 2 is 1.92 bits per heavy atom. The predicted molar refractivity (Wildman–Crippen MR) is 139 cm³/mol. The van der Waals surface area contributed by atoms with Gasteiger partial charge in [0.25, 0.3) is 0 Å². The second kappa shape index (κ2) is 14.4. The molecular formula is C26H44N4O7. The van der Waals surface area contributed by atoms with Crippen molar-refractivity contribution in [2.24, 2.45) is 4.99 Å². The molecule has 0 bridgehead atoms. The average molecular weight is 525 g/mol. The summed E-state index contributed by atoms with van der Waals surface area (Å²) in [6.45, 7) is 12.9. The summed E-state index contributed by atoms with van der Waals surface area (Å²) in [5.41, 5.74) is -0.163. The zero-order valence-electron chi connectivity index (χ0n) is 23.3. The van der Waals surface area contributed by atoms with Crippen LogP contribution < -0.4 is 10.6 Å². The molecule has 4 atom stereocenters. The first-order valence-corrected chi connectivity index (χ1v) is 13.0. The van der Waals surface area contributed by atoms with E-state index in [9.17, 15) is 14.4 Å². The topological polar surface area (TPSA) is 128 Å². The van der Waals surface area contributed by atoms with Crippen molar-refractivity contribution in [3.8, 4) is 0 Å². The van der Waals surface area contributed by atoms with E-state index in [1.54, 1.807) is 41.7 Å². The van der Waals surface area contributed by atoms with E-state index >= 15 is 0 Å². The van der Waals surface area contributed by atoms with E-state index in [0.29, 0.717) is 31.2 Å². The molecule has 0 unspecified atom stereocenters. The number of rotatable bonds is 9. The summed E-state index contributed by atoms with van der Waals surface area (Å²) in [6, 6.07) is -1.25. The Bertz CT molecular complexity index is 852. The molecule has 11 nitrogen and oxygen atoms in total. The third kappa shape index (κ3) is 10.4. The van der Waals surface area contributed by atoms with Crippen LogP contribution in [-0.4, -0.2) is 98.6 Å². The Kier molecular flexibility index (Phi) is 12.0. The molecule has 1 heterocycles. The highest BCUT2D eigenvalue weighted by Gasteiger charge is 2.40. The fourth-order valence-electron chi connectivity index (χ4n) is 4.61. The van der Waals surface area contributed by atoms with Crippen molar-refractivity contribution in [1.82, 2.24) is 15.5 Å². The molecule has 0 aromatic carbocycles. The Hall–Kier alpha value is -2.50. The van der Waals surface area contributed by atoms with Gasteiger partial charge in [0.2, 0.25) is 5.91 Å². The lowest BCUT2D eigenvalue weighted by Gasteiger charge is -2.44. The van der Waals surface area contributed by atoms with Crippen LogP contribution in [0.1, 0.15) is 60.8 Å². The number of carbonyl (C=O) groups is 3. The van der Waals surface area contributed by atoms with E-state index in [1.165, 1.54) is 6.92 Å². The summed E-state index contributed by atoms with van der Waals surface area (Å²) >= 11 is 0. The van der Waals surface area contributed by atoms with Crippen LogP contribution in [0, 0.1) is 0 Å². The molecule has 1 aliphatic heterocycles. The highest BCUT2D eigenvalue weighted by Crippen LogP contribution is 2.29. The Balaban J connectivity index is 2.35. The molecule has 0 spiro atoms. The first-order chi connectivity index (χ1) is 17.4. The molecule has 0 aromatic heterocycles. The summed E-state index contributed by atoms with van der Waals surface area (Å²) in [5.74, 6) is -0.277. The van der Waals surface area contributed by atoms with Gasteiger partial charge in [-0.2, -0.15) is 0 Å². The van der Waals surface area contributed by atoms with Gasteiger partial charge in [-0.05, 0) is 54.0 Å². The number of hydrogen-bond acceptors (Lipinski definition) is 9. The van der Waals surface area contributed by atoms with Crippen LogP contribution in [0.4, 0.5) is 4.79 Å². The first-order valence-electron chi connectivity index (χ1n) is 13.0. The number of amidine groups is 1. The van der Waals surface area contributed by atoms with Gasteiger partial charge in [0.15, 0.2) is 0 Å². The number of methoxy groups -OCH3 is 1. The lowest BCUT2D eigenvalue weighted by Crippen LogP contribution is -2.60. The van der Waals surface area contributed by atoms with E-state index in [0.717, 1.165) is 19.4 Å². The van der Waals surface area contributed by atoms with Gasteiger partial charge in [-0.25, -0.2) is 9.59 Å².